The SMILES string of the molecule is CCc1ccc(-n2ccc(C#N)c2C(=O)NC(Cc2ccccc2)c2ccccc2)cc1. The summed E-state index contributed by atoms with van der Waals surface area (Å²) in [5.41, 5.74) is 4.94. The molecule has 1 aromatic heterocycles. The summed E-state index contributed by atoms with van der Waals surface area (Å²) in [6.07, 6.45) is 3.38. The fourth-order valence-electron chi connectivity index (χ4n) is 3.88. The molecule has 0 radical (unpaired) electrons. The van der Waals surface area contributed by atoms with Gasteiger partial charge in [-0.3, -0.25) is 4.79 Å². The molecule has 1 amide bonds. The van der Waals surface area contributed by atoms with Crippen molar-refractivity contribution in [3.05, 3.63) is 125 Å². The fourth-order valence-corrected chi connectivity index (χ4v) is 3.88. The normalized spacial score (nSPS) is 11.5. The molecule has 0 aliphatic carbocycles. The van der Waals surface area contributed by atoms with Gasteiger partial charge in [0.25, 0.3) is 5.91 Å². The molecule has 0 aliphatic rings. The predicted molar refractivity (Wildman–Crippen MR) is 127 cm³/mol. The number of nitriles is 1. The Morgan fingerprint density at radius 3 is 2.19 bits per heavy atom. The minimum atomic E-state index is -0.268. The molecule has 0 bridgehead atoms. The topological polar surface area (TPSA) is 57.8 Å². The summed E-state index contributed by atoms with van der Waals surface area (Å²) in [5.74, 6) is -0.268. The van der Waals surface area contributed by atoms with Crippen LogP contribution in [0.25, 0.3) is 5.69 Å². The monoisotopic (exact) mass is 419 g/mol. The number of hydrogen-bond donors (Lipinski definition) is 1. The molecule has 4 heteroatoms. The van der Waals surface area contributed by atoms with Gasteiger partial charge < -0.3 is 9.88 Å². The van der Waals surface area contributed by atoms with Gasteiger partial charge in [-0.25, -0.2) is 0 Å². The zero-order valence-corrected chi connectivity index (χ0v) is 18.0. The van der Waals surface area contributed by atoms with Crippen LogP contribution in [0.4, 0.5) is 0 Å². The number of carbonyl (C=O) groups is 1. The van der Waals surface area contributed by atoms with Crippen molar-refractivity contribution in [1.29, 1.82) is 5.26 Å². The van der Waals surface area contributed by atoms with Crippen molar-refractivity contribution in [1.82, 2.24) is 9.88 Å². The smallest absolute Gasteiger partial charge is 0.270 e. The lowest BCUT2D eigenvalue weighted by atomic mass is 9.98. The van der Waals surface area contributed by atoms with Gasteiger partial charge in [0.15, 0.2) is 0 Å². The number of aromatic nitrogens is 1. The maximum Gasteiger partial charge on any atom is 0.270 e. The number of amides is 1. The van der Waals surface area contributed by atoms with E-state index in [1.54, 1.807) is 16.8 Å². The van der Waals surface area contributed by atoms with Crippen molar-refractivity contribution >= 4 is 5.91 Å². The molecule has 0 aliphatic heterocycles. The Hall–Kier alpha value is -4.10. The molecule has 1 atom stereocenters. The van der Waals surface area contributed by atoms with E-state index < -0.39 is 0 Å². The van der Waals surface area contributed by atoms with Crippen LogP contribution >= 0.6 is 0 Å². The summed E-state index contributed by atoms with van der Waals surface area (Å²) in [6, 6.07) is 31.7. The van der Waals surface area contributed by atoms with Gasteiger partial charge in [0.1, 0.15) is 11.8 Å². The van der Waals surface area contributed by atoms with Crippen LogP contribution in [0.5, 0.6) is 0 Å². The lowest BCUT2D eigenvalue weighted by Gasteiger charge is -2.20. The van der Waals surface area contributed by atoms with Crippen LogP contribution in [-0.2, 0) is 12.8 Å². The Bertz CT molecular complexity index is 1220. The van der Waals surface area contributed by atoms with Crippen molar-refractivity contribution in [2.45, 2.75) is 25.8 Å². The summed E-state index contributed by atoms with van der Waals surface area (Å²) < 4.78 is 1.79. The molecule has 4 rings (SSSR count). The largest absolute Gasteiger partial charge is 0.344 e. The van der Waals surface area contributed by atoms with Crippen LogP contribution in [-0.4, -0.2) is 10.5 Å². The number of benzene rings is 3. The third-order valence-corrected chi connectivity index (χ3v) is 5.63. The van der Waals surface area contributed by atoms with Crippen LogP contribution < -0.4 is 5.32 Å². The molecule has 0 fully saturated rings. The molecule has 4 nitrogen and oxygen atoms in total. The maximum atomic E-state index is 13.5. The van der Waals surface area contributed by atoms with E-state index >= 15 is 0 Å². The summed E-state index contributed by atoms with van der Waals surface area (Å²) >= 11 is 0. The molecular formula is C28H25N3O. The van der Waals surface area contributed by atoms with Gasteiger partial charge in [-0.1, -0.05) is 79.7 Å². The maximum absolute atomic E-state index is 13.5. The molecule has 0 saturated heterocycles. The summed E-state index contributed by atoms with van der Waals surface area (Å²) in [7, 11) is 0. The zero-order valence-electron chi connectivity index (χ0n) is 18.0. The number of nitrogens with zero attached hydrogens (tertiary/aromatic N) is 2. The molecule has 1 N–H and O–H groups in total. The molecule has 1 heterocycles. The van der Waals surface area contributed by atoms with Crippen LogP contribution in [0.2, 0.25) is 0 Å². The first kappa shape index (κ1) is 21.1. The van der Waals surface area contributed by atoms with E-state index in [2.05, 4.69) is 30.4 Å². The van der Waals surface area contributed by atoms with Crippen molar-refractivity contribution < 1.29 is 4.79 Å². The molecule has 158 valence electrons. The third-order valence-electron chi connectivity index (χ3n) is 5.63. The van der Waals surface area contributed by atoms with Crippen molar-refractivity contribution in [2.24, 2.45) is 0 Å². The second kappa shape index (κ2) is 9.80. The van der Waals surface area contributed by atoms with Gasteiger partial charge in [0.2, 0.25) is 0 Å². The van der Waals surface area contributed by atoms with Crippen molar-refractivity contribution in [2.75, 3.05) is 0 Å². The second-order valence-electron chi connectivity index (χ2n) is 7.71. The van der Waals surface area contributed by atoms with Gasteiger partial charge in [-0.05, 0) is 47.7 Å². The lowest BCUT2D eigenvalue weighted by molar-refractivity contribution is 0.0929. The first-order valence-electron chi connectivity index (χ1n) is 10.8. The Morgan fingerprint density at radius 1 is 0.906 bits per heavy atom. The molecule has 32 heavy (non-hydrogen) atoms. The van der Waals surface area contributed by atoms with Crippen LogP contribution in [0.3, 0.4) is 0 Å². The lowest BCUT2D eigenvalue weighted by Crippen LogP contribution is -2.32. The highest BCUT2D eigenvalue weighted by Crippen LogP contribution is 2.22. The van der Waals surface area contributed by atoms with Crippen molar-refractivity contribution in [3.63, 3.8) is 0 Å². The van der Waals surface area contributed by atoms with E-state index in [0.29, 0.717) is 17.7 Å². The number of carbonyl (C=O) groups excluding carboxylic acids is 1. The number of hydrogen-bond acceptors (Lipinski definition) is 2. The minimum Gasteiger partial charge on any atom is -0.344 e. The minimum absolute atomic E-state index is 0.219. The van der Waals surface area contributed by atoms with Gasteiger partial charge in [0, 0.05) is 11.9 Å². The summed E-state index contributed by atoms with van der Waals surface area (Å²) in [6.45, 7) is 2.10. The van der Waals surface area contributed by atoms with Crippen LogP contribution in [0, 0.1) is 11.3 Å². The molecule has 0 saturated carbocycles. The molecule has 3 aromatic carbocycles. The third kappa shape index (κ3) is 4.63. The second-order valence-corrected chi connectivity index (χ2v) is 7.71. The first-order valence-corrected chi connectivity index (χ1v) is 10.8. The number of nitrogens with one attached hydrogen (secondary N) is 1. The first-order chi connectivity index (χ1) is 15.7. The highest BCUT2D eigenvalue weighted by molar-refractivity contribution is 5.96. The van der Waals surface area contributed by atoms with Gasteiger partial charge in [-0.2, -0.15) is 5.26 Å². The average Bonchev–Trinajstić information content (AvgIpc) is 3.29. The summed E-state index contributed by atoms with van der Waals surface area (Å²) in [4.78, 5) is 13.5. The van der Waals surface area contributed by atoms with E-state index in [1.165, 1.54) is 5.56 Å². The molecule has 4 aromatic rings. The van der Waals surface area contributed by atoms with Crippen LogP contribution in [0.1, 0.15) is 45.7 Å². The van der Waals surface area contributed by atoms with E-state index in [4.69, 9.17) is 0 Å². The molecular weight excluding hydrogens is 394 g/mol. The Balaban J connectivity index is 1.67. The van der Waals surface area contributed by atoms with Gasteiger partial charge >= 0.3 is 0 Å². The summed E-state index contributed by atoms with van der Waals surface area (Å²) in [5, 5.41) is 12.8. The zero-order chi connectivity index (χ0) is 22.3. The van der Waals surface area contributed by atoms with Crippen molar-refractivity contribution in [3.8, 4) is 11.8 Å². The predicted octanol–water partition coefficient (Wildman–Crippen LogP) is 5.63. The van der Waals surface area contributed by atoms with E-state index in [1.807, 2.05) is 72.8 Å². The van der Waals surface area contributed by atoms with Gasteiger partial charge in [-0.15, -0.1) is 0 Å². The standard InChI is InChI=1S/C28H25N3O/c1-2-21-13-15-25(16-14-21)31-18-17-24(20-29)27(31)28(32)30-26(23-11-7-4-8-12-23)19-22-9-5-3-6-10-22/h3-18,26H,2,19H2,1H3,(H,30,32). The highest BCUT2D eigenvalue weighted by Gasteiger charge is 2.22. The molecule has 0 spiro atoms. The van der Waals surface area contributed by atoms with Crippen LogP contribution in [0.15, 0.2) is 97.2 Å². The fraction of sp³-hybridized carbons (Fsp3) is 0.143. The Morgan fingerprint density at radius 2 is 1.56 bits per heavy atom. The highest BCUT2D eigenvalue weighted by atomic mass is 16.2. The Kier molecular flexibility index (Phi) is 6.48. The van der Waals surface area contributed by atoms with E-state index in [9.17, 15) is 10.1 Å². The average molecular weight is 420 g/mol. The molecule has 1 unspecified atom stereocenters. The Labute approximate surface area is 188 Å². The quantitative estimate of drug-likeness (QED) is 0.422. The van der Waals surface area contributed by atoms with Gasteiger partial charge in [0.05, 0.1) is 11.6 Å². The van der Waals surface area contributed by atoms with E-state index in [0.717, 1.165) is 23.2 Å². The number of rotatable bonds is 7. The number of aryl methyl sites for hydroxylation is 1. The van der Waals surface area contributed by atoms with E-state index in [-0.39, 0.29) is 11.9 Å².